The van der Waals surface area contributed by atoms with Crippen LogP contribution in [0.25, 0.3) is 0 Å². The highest BCUT2D eigenvalue weighted by Crippen LogP contribution is 2.30. The molecule has 1 aromatic rings. The van der Waals surface area contributed by atoms with Crippen molar-refractivity contribution in [2.75, 3.05) is 7.11 Å². The van der Waals surface area contributed by atoms with Crippen LogP contribution in [-0.2, 0) is 9.05 Å². The smallest absolute Gasteiger partial charge is 0.488 e. The lowest BCUT2D eigenvalue weighted by Crippen LogP contribution is -2.21. The molecule has 0 amide bonds. The van der Waals surface area contributed by atoms with E-state index in [1.165, 1.54) is 0 Å². The van der Waals surface area contributed by atoms with Crippen molar-refractivity contribution in [2.24, 2.45) is 0 Å². The summed E-state index contributed by atoms with van der Waals surface area (Å²) in [6.07, 6.45) is -5.12. The van der Waals surface area contributed by atoms with Gasteiger partial charge in [0.25, 0.3) is 14.6 Å². The first-order chi connectivity index (χ1) is 8.04. The Balaban J connectivity index is 3.47. The van der Waals surface area contributed by atoms with Crippen molar-refractivity contribution >= 4 is 19.7 Å². The van der Waals surface area contributed by atoms with E-state index in [1.807, 2.05) is 0 Å². The molecule has 0 aliphatic rings. The topological polar surface area (TPSA) is 85.5 Å². The first-order valence-corrected chi connectivity index (χ1v) is 6.37. The zero-order chi connectivity index (χ0) is 14.1. The van der Waals surface area contributed by atoms with Gasteiger partial charge in [0.1, 0.15) is 0 Å². The summed E-state index contributed by atoms with van der Waals surface area (Å²) < 4.78 is 65.8. The highest BCUT2D eigenvalue weighted by molar-refractivity contribution is 8.13. The maximum absolute atomic E-state index is 12.0. The van der Waals surface area contributed by atoms with Gasteiger partial charge in [0.2, 0.25) is 5.75 Å². The number of hydrogen-bond acceptors (Lipinski definition) is 5. The van der Waals surface area contributed by atoms with Crippen LogP contribution in [0.5, 0.6) is 11.5 Å². The highest BCUT2D eigenvalue weighted by atomic mass is 35.7. The summed E-state index contributed by atoms with van der Waals surface area (Å²) in [5.74, 6) is -1.93. The van der Waals surface area contributed by atoms with Gasteiger partial charge in [-0.25, -0.2) is 8.42 Å². The second-order valence-electron chi connectivity index (χ2n) is 2.85. The van der Waals surface area contributed by atoms with Gasteiger partial charge in [-0.05, 0) is 0 Å². The molecule has 102 valence electrons. The number of nitrogens with one attached hydrogen (secondary N) is 1. The van der Waals surface area contributed by atoms with E-state index in [1.54, 1.807) is 4.98 Å². The summed E-state index contributed by atoms with van der Waals surface area (Å²) in [7, 11) is 1.40. The van der Waals surface area contributed by atoms with Crippen LogP contribution in [0.2, 0.25) is 0 Å². The summed E-state index contributed by atoms with van der Waals surface area (Å²) in [6, 6.07) is 0.399. The highest BCUT2D eigenvalue weighted by Gasteiger charge is 2.34. The number of hydrogen-bond donors (Lipinski definition) is 1. The Labute approximate surface area is 103 Å². The molecule has 0 bridgehead atoms. The molecular formula is C7H5ClF3NO5S. The molecule has 6 nitrogen and oxygen atoms in total. The molecule has 0 aliphatic carbocycles. The van der Waals surface area contributed by atoms with Crippen molar-refractivity contribution < 1.29 is 31.1 Å². The zero-order valence-electron chi connectivity index (χ0n) is 8.54. The molecule has 0 atom stereocenters. The lowest BCUT2D eigenvalue weighted by Gasteiger charge is -2.12. The fourth-order valence-electron chi connectivity index (χ4n) is 1.03. The Hall–Kier alpha value is -1.42. The Morgan fingerprint density at radius 1 is 1.39 bits per heavy atom. The van der Waals surface area contributed by atoms with Gasteiger partial charge >= 0.3 is 6.36 Å². The predicted molar refractivity (Wildman–Crippen MR) is 53.3 cm³/mol. The zero-order valence-corrected chi connectivity index (χ0v) is 10.1. The van der Waals surface area contributed by atoms with E-state index in [4.69, 9.17) is 10.7 Å². The summed E-state index contributed by atoms with van der Waals surface area (Å²) >= 11 is 0. The molecule has 0 fully saturated rings. The third kappa shape index (κ3) is 3.53. The summed E-state index contributed by atoms with van der Waals surface area (Å²) in [4.78, 5) is 13.0. The number of rotatable bonds is 3. The van der Waals surface area contributed by atoms with Gasteiger partial charge in [0.05, 0.1) is 7.11 Å². The van der Waals surface area contributed by atoms with Crippen LogP contribution in [0.3, 0.4) is 0 Å². The van der Waals surface area contributed by atoms with Crippen molar-refractivity contribution in [1.82, 2.24) is 4.98 Å². The van der Waals surface area contributed by atoms with Gasteiger partial charge in [0.15, 0.2) is 10.8 Å². The molecule has 0 saturated carbocycles. The van der Waals surface area contributed by atoms with Gasteiger partial charge < -0.3 is 14.5 Å². The maximum Gasteiger partial charge on any atom is 0.573 e. The van der Waals surface area contributed by atoms with Gasteiger partial charge in [-0.15, -0.1) is 13.2 Å². The van der Waals surface area contributed by atoms with Gasteiger partial charge in [-0.1, -0.05) is 0 Å². The third-order valence-corrected chi connectivity index (χ3v) is 2.87. The molecule has 11 heteroatoms. The lowest BCUT2D eigenvalue weighted by atomic mass is 10.4. The van der Waals surface area contributed by atoms with Crippen LogP contribution < -0.4 is 15.0 Å². The minimum atomic E-state index is -5.12. The summed E-state index contributed by atoms with van der Waals surface area (Å²) in [5.41, 5.74) is -1.22. The van der Waals surface area contributed by atoms with Crippen molar-refractivity contribution in [3.05, 3.63) is 16.4 Å². The first kappa shape index (κ1) is 14.6. The third-order valence-electron chi connectivity index (χ3n) is 1.62. The molecule has 1 aromatic heterocycles. The van der Waals surface area contributed by atoms with E-state index in [0.29, 0.717) is 6.07 Å². The van der Waals surface area contributed by atoms with E-state index >= 15 is 0 Å². The molecule has 1 heterocycles. The SMILES string of the molecule is COc1c(OC(F)(F)F)cc(S(=O)(=O)Cl)[nH]c1=O. The molecule has 0 aromatic carbocycles. The molecule has 0 unspecified atom stereocenters. The van der Waals surface area contributed by atoms with Crippen molar-refractivity contribution in [3.63, 3.8) is 0 Å². The molecule has 0 spiro atoms. The molecule has 1 N–H and O–H groups in total. The second kappa shape index (κ2) is 4.69. The van der Waals surface area contributed by atoms with Crippen LogP contribution in [0, 0.1) is 0 Å². The largest absolute Gasteiger partial charge is 0.573 e. The number of aromatic amines is 1. The van der Waals surface area contributed by atoms with E-state index < -0.39 is 37.5 Å². The van der Waals surface area contributed by atoms with Crippen molar-refractivity contribution in [3.8, 4) is 11.5 Å². The normalized spacial score (nSPS) is 12.3. The quantitative estimate of drug-likeness (QED) is 0.848. The average Bonchev–Trinajstić information content (AvgIpc) is 2.13. The number of ether oxygens (including phenoxy) is 2. The van der Waals surface area contributed by atoms with E-state index in [9.17, 15) is 26.4 Å². The Morgan fingerprint density at radius 3 is 2.33 bits per heavy atom. The number of H-pyrrole nitrogens is 1. The van der Waals surface area contributed by atoms with Crippen molar-refractivity contribution in [2.45, 2.75) is 11.4 Å². The van der Waals surface area contributed by atoms with Crippen LogP contribution in [-0.4, -0.2) is 26.9 Å². The monoisotopic (exact) mass is 307 g/mol. The number of methoxy groups -OCH3 is 1. The van der Waals surface area contributed by atoms with Gasteiger partial charge in [-0.2, -0.15) is 0 Å². The Bertz CT molecular complexity index is 608. The van der Waals surface area contributed by atoms with E-state index in [-0.39, 0.29) is 0 Å². The standard InChI is InChI=1S/C7H5ClF3NO5S/c1-16-5-3(17-7(9,10)11)2-4(12-6(5)13)18(8,14)15/h2H,1H3,(H,12,13). The van der Waals surface area contributed by atoms with Crippen molar-refractivity contribution in [1.29, 1.82) is 0 Å². The van der Waals surface area contributed by atoms with Crippen LogP contribution >= 0.6 is 10.7 Å². The van der Waals surface area contributed by atoms with Gasteiger partial charge in [-0.3, -0.25) is 4.79 Å². The average molecular weight is 308 g/mol. The second-order valence-corrected chi connectivity index (χ2v) is 5.38. The van der Waals surface area contributed by atoms with E-state index in [2.05, 4.69) is 9.47 Å². The lowest BCUT2D eigenvalue weighted by molar-refractivity contribution is -0.275. The summed E-state index contributed by atoms with van der Waals surface area (Å²) in [6.45, 7) is 0. The molecule has 18 heavy (non-hydrogen) atoms. The minimum Gasteiger partial charge on any atom is -0.488 e. The first-order valence-electron chi connectivity index (χ1n) is 4.06. The van der Waals surface area contributed by atoms with Crippen LogP contribution in [0.1, 0.15) is 0 Å². The minimum absolute atomic E-state index is 0.399. The Kier molecular flexibility index (Phi) is 3.81. The van der Waals surface area contributed by atoms with Crippen LogP contribution in [0.15, 0.2) is 15.9 Å². The maximum atomic E-state index is 12.0. The van der Waals surface area contributed by atoms with E-state index in [0.717, 1.165) is 7.11 Å². The fourth-order valence-corrected chi connectivity index (χ4v) is 1.74. The number of aromatic nitrogens is 1. The molecular weight excluding hydrogens is 303 g/mol. The number of pyridine rings is 1. The number of halogens is 4. The molecule has 0 aliphatic heterocycles. The summed E-state index contributed by atoms with van der Waals surface area (Å²) in [5, 5.41) is -0.936. The Morgan fingerprint density at radius 2 is 1.94 bits per heavy atom. The molecule has 0 radical (unpaired) electrons. The predicted octanol–water partition coefficient (Wildman–Crippen LogP) is 1.21. The van der Waals surface area contributed by atoms with Crippen LogP contribution in [0.4, 0.5) is 13.2 Å². The molecule has 1 rings (SSSR count). The number of alkyl halides is 3. The fraction of sp³-hybridized carbons (Fsp3) is 0.286. The molecule has 0 saturated heterocycles. The van der Waals surface area contributed by atoms with Gasteiger partial charge in [0, 0.05) is 16.7 Å².